The molecule has 1 saturated heterocycles. The van der Waals surface area contributed by atoms with E-state index in [1.807, 2.05) is 0 Å². The van der Waals surface area contributed by atoms with Gasteiger partial charge >= 0.3 is 6.18 Å². The molecule has 0 spiro atoms. The number of rotatable bonds is 2. The Morgan fingerprint density at radius 2 is 1.86 bits per heavy atom. The van der Waals surface area contributed by atoms with Gasteiger partial charge in [-0.05, 0) is 25.1 Å². The van der Waals surface area contributed by atoms with Gasteiger partial charge in [0.25, 0.3) is 0 Å². The molecular formula is C13H16F4N2O2S. The second-order valence-electron chi connectivity index (χ2n) is 5.33. The fourth-order valence-electron chi connectivity index (χ4n) is 2.66. The molecule has 0 amide bonds. The quantitative estimate of drug-likeness (QED) is 0.776. The minimum atomic E-state index is -4.67. The predicted octanol–water partition coefficient (Wildman–Crippen LogP) is 2.31. The second-order valence-corrected chi connectivity index (χ2v) is 7.26. The van der Waals surface area contributed by atoms with Crippen molar-refractivity contribution in [2.75, 3.05) is 30.8 Å². The highest BCUT2D eigenvalue weighted by molar-refractivity contribution is 7.88. The lowest BCUT2D eigenvalue weighted by Gasteiger charge is -2.40. The first-order valence-electron chi connectivity index (χ1n) is 6.58. The lowest BCUT2D eigenvalue weighted by molar-refractivity contribution is -0.137. The Labute approximate surface area is 126 Å². The van der Waals surface area contributed by atoms with Crippen LogP contribution in [0.25, 0.3) is 0 Å². The highest BCUT2D eigenvalue weighted by atomic mass is 32.2. The molecule has 1 aliphatic rings. The minimum absolute atomic E-state index is 0.0919. The SMILES string of the molecule is CC1CN(c2ccc(F)cc2C(F)(F)F)CCN1S(C)(=O)=O. The number of sulfonamides is 1. The van der Waals surface area contributed by atoms with Crippen molar-refractivity contribution >= 4 is 15.7 Å². The fourth-order valence-corrected chi connectivity index (χ4v) is 3.80. The summed E-state index contributed by atoms with van der Waals surface area (Å²) in [6.07, 6.45) is -3.60. The third-order valence-electron chi connectivity index (χ3n) is 3.60. The molecule has 1 atom stereocenters. The molecule has 0 N–H and O–H groups in total. The van der Waals surface area contributed by atoms with Crippen LogP contribution in [-0.2, 0) is 16.2 Å². The van der Waals surface area contributed by atoms with Crippen LogP contribution in [0, 0.1) is 5.82 Å². The first-order chi connectivity index (χ1) is 10.00. The zero-order valence-corrected chi connectivity index (χ0v) is 12.9. The van der Waals surface area contributed by atoms with Gasteiger partial charge < -0.3 is 4.90 Å². The van der Waals surface area contributed by atoms with Crippen LogP contribution in [-0.4, -0.2) is 44.7 Å². The Morgan fingerprint density at radius 1 is 1.23 bits per heavy atom. The standard InChI is InChI=1S/C13H16F4N2O2S/c1-9-8-18(5-6-19(9)22(2,20)21)12-4-3-10(14)7-11(12)13(15,16)17/h3-4,7,9H,5-6,8H2,1-2H3. The van der Waals surface area contributed by atoms with E-state index >= 15 is 0 Å². The maximum atomic E-state index is 13.1. The van der Waals surface area contributed by atoms with E-state index in [9.17, 15) is 26.0 Å². The highest BCUT2D eigenvalue weighted by Crippen LogP contribution is 2.37. The molecule has 1 aliphatic heterocycles. The van der Waals surface area contributed by atoms with E-state index in [0.717, 1.165) is 18.4 Å². The number of anilines is 1. The highest BCUT2D eigenvalue weighted by Gasteiger charge is 2.37. The van der Waals surface area contributed by atoms with Gasteiger partial charge in [0.2, 0.25) is 10.0 Å². The summed E-state index contributed by atoms with van der Waals surface area (Å²) in [7, 11) is -3.40. The molecule has 1 aromatic carbocycles. The predicted molar refractivity (Wildman–Crippen MR) is 74.6 cm³/mol. The maximum Gasteiger partial charge on any atom is 0.418 e. The Kier molecular flexibility index (Phi) is 4.40. The second kappa shape index (κ2) is 5.69. The summed E-state index contributed by atoms with van der Waals surface area (Å²) in [6.45, 7) is 1.95. The van der Waals surface area contributed by atoms with E-state index in [0.29, 0.717) is 6.07 Å². The third kappa shape index (κ3) is 3.52. The average Bonchev–Trinajstić information content (AvgIpc) is 2.35. The zero-order valence-electron chi connectivity index (χ0n) is 12.1. The number of halogens is 4. The monoisotopic (exact) mass is 340 g/mol. The summed E-state index contributed by atoms with van der Waals surface area (Å²) in [5, 5.41) is 0. The van der Waals surface area contributed by atoms with Crippen LogP contribution in [0.4, 0.5) is 23.2 Å². The van der Waals surface area contributed by atoms with Crippen LogP contribution < -0.4 is 4.90 Å². The van der Waals surface area contributed by atoms with Crippen molar-refractivity contribution in [1.82, 2.24) is 4.31 Å². The summed E-state index contributed by atoms with van der Waals surface area (Å²) in [6, 6.07) is 2.05. The van der Waals surface area contributed by atoms with E-state index in [4.69, 9.17) is 0 Å². The van der Waals surface area contributed by atoms with Gasteiger partial charge in [0.1, 0.15) is 5.82 Å². The van der Waals surface area contributed by atoms with Crippen molar-refractivity contribution in [3.05, 3.63) is 29.6 Å². The van der Waals surface area contributed by atoms with Gasteiger partial charge in [-0.2, -0.15) is 17.5 Å². The lowest BCUT2D eigenvalue weighted by Crippen LogP contribution is -2.54. The molecule has 0 aromatic heterocycles. The van der Waals surface area contributed by atoms with Crippen molar-refractivity contribution < 1.29 is 26.0 Å². The van der Waals surface area contributed by atoms with Crippen molar-refractivity contribution in [1.29, 1.82) is 0 Å². The van der Waals surface area contributed by atoms with Gasteiger partial charge in [-0.3, -0.25) is 0 Å². The average molecular weight is 340 g/mol. The minimum Gasteiger partial charge on any atom is -0.368 e. The van der Waals surface area contributed by atoms with Gasteiger partial charge in [0.05, 0.1) is 11.8 Å². The van der Waals surface area contributed by atoms with E-state index in [1.54, 1.807) is 6.92 Å². The number of benzene rings is 1. The fraction of sp³-hybridized carbons (Fsp3) is 0.538. The topological polar surface area (TPSA) is 40.6 Å². The molecule has 9 heteroatoms. The lowest BCUT2D eigenvalue weighted by atomic mass is 10.1. The van der Waals surface area contributed by atoms with Crippen LogP contribution in [0.2, 0.25) is 0 Å². The molecule has 0 bridgehead atoms. The van der Waals surface area contributed by atoms with Gasteiger partial charge in [0.15, 0.2) is 0 Å². The summed E-state index contributed by atoms with van der Waals surface area (Å²) in [5.74, 6) is -0.959. The van der Waals surface area contributed by atoms with Gasteiger partial charge in [-0.25, -0.2) is 12.8 Å². The molecule has 1 unspecified atom stereocenters. The molecule has 1 aromatic rings. The van der Waals surface area contributed by atoms with E-state index in [1.165, 1.54) is 9.21 Å². The Balaban J connectivity index is 2.32. The molecule has 4 nitrogen and oxygen atoms in total. The van der Waals surface area contributed by atoms with Crippen LogP contribution >= 0.6 is 0 Å². The molecule has 2 rings (SSSR count). The zero-order chi connectivity index (χ0) is 16.7. The smallest absolute Gasteiger partial charge is 0.368 e. The Bertz CT molecular complexity index is 660. The van der Waals surface area contributed by atoms with Crippen molar-refractivity contribution in [2.24, 2.45) is 0 Å². The number of alkyl halides is 3. The molecule has 0 radical (unpaired) electrons. The molecule has 124 valence electrons. The molecule has 1 heterocycles. The van der Waals surface area contributed by atoms with Crippen molar-refractivity contribution in [2.45, 2.75) is 19.1 Å². The third-order valence-corrected chi connectivity index (χ3v) is 4.99. The summed E-state index contributed by atoms with van der Waals surface area (Å²) >= 11 is 0. The van der Waals surface area contributed by atoms with Crippen molar-refractivity contribution in [3.63, 3.8) is 0 Å². The number of hydrogen-bond acceptors (Lipinski definition) is 3. The first-order valence-corrected chi connectivity index (χ1v) is 8.43. The van der Waals surface area contributed by atoms with Crippen molar-refractivity contribution in [3.8, 4) is 0 Å². The first kappa shape index (κ1) is 17.0. The Hall–Kier alpha value is -1.35. The molecule has 0 aliphatic carbocycles. The maximum absolute atomic E-state index is 13.1. The summed E-state index contributed by atoms with van der Waals surface area (Å²) < 4.78 is 76.7. The van der Waals surface area contributed by atoms with E-state index in [-0.39, 0.29) is 25.3 Å². The van der Waals surface area contributed by atoms with Gasteiger partial charge in [-0.1, -0.05) is 0 Å². The normalized spacial score (nSPS) is 21.2. The van der Waals surface area contributed by atoms with Crippen LogP contribution in [0.5, 0.6) is 0 Å². The Morgan fingerprint density at radius 3 is 2.36 bits per heavy atom. The summed E-state index contributed by atoms with van der Waals surface area (Å²) in [4.78, 5) is 1.44. The molecule has 1 fully saturated rings. The van der Waals surface area contributed by atoms with E-state index in [2.05, 4.69) is 0 Å². The molecular weight excluding hydrogens is 324 g/mol. The van der Waals surface area contributed by atoms with Gasteiger partial charge in [-0.15, -0.1) is 0 Å². The van der Waals surface area contributed by atoms with Crippen LogP contribution in [0.1, 0.15) is 12.5 Å². The number of hydrogen-bond donors (Lipinski definition) is 0. The van der Waals surface area contributed by atoms with E-state index < -0.39 is 33.6 Å². The molecule has 0 saturated carbocycles. The largest absolute Gasteiger partial charge is 0.418 e. The molecule has 22 heavy (non-hydrogen) atoms. The number of nitrogens with zero attached hydrogens (tertiary/aromatic N) is 2. The van der Waals surface area contributed by atoms with Crippen LogP contribution in [0.15, 0.2) is 18.2 Å². The summed E-state index contributed by atoms with van der Waals surface area (Å²) in [5.41, 5.74) is -1.18. The van der Waals surface area contributed by atoms with Crippen LogP contribution in [0.3, 0.4) is 0 Å². The van der Waals surface area contributed by atoms with Gasteiger partial charge in [0, 0.05) is 31.4 Å². The number of piperazine rings is 1.